The van der Waals surface area contributed by atoms with Gasteiger partial charge in [-0.25, -0.2) is 0 Å². The first-order valence-corrected chi connectivity index (χ1v) is 9.02. The number of carbonyl (C=O) groups excluding carboxylic acids is 2. The Bertz CT molecular complexity index is 769. The van der Waals surface area contributed by atoms with E-state index in [4.69, 9.17) is 4.42 Å². The van der Waals surface area contributed by atoms with Gasteiger partial charge in [0.15, 0.2) is 5.76 Å². The van der Waals surface area contributed by atoms with E-state index in [0.29, 0.717) is 24.4 Å². The summed E-state index contributed by atoms with van der Waals surface area (Å²) >= 11 is 3.42. The fraction of sp³-hybridized carbons (Fsp3) is 0.444. The summed E-state index contributed by atoms with van der Waals surface area (Å²) in [6.07, 6.45) is 1.64. The number of rotatable bonds is 3. The van der Waals surface area contributed by atoms with Gasteiger partial charge in [0.2, 0.25) is 5.91 Å². The fourth-order valence-corrected chi connectivity index (χ4v) is 3.43. The van der Waals surface area contributed by atoms with Crippen molar-refractivity contribution in [1.29, 1.82) is 0 Å². The highest BCUT2D eigenvalue weighted by molar-refractivity contribution is 9.10. The van der Waals surface area contributed by atoms with Crippen LogP contribution in [-0.2, 0) is 4.79 Å². The molecule has 1 aliphatic rings. The van der Waals surface area contributed by atoms with Gasteiger partial charge in [0, 0.05) is 29.0 Å². The minimum atomic E-state index is -0.149. The van der Waals surface area contributed by atoms with Crippen LogP contribution in [0.2, 0.25) is 0 Å². The summed E-state index contributed by atoms with van der Waals surface area (Å²) in [7, 11) is 0. The predicted molar refractivity (Wildman–Crippen MR) is 95.8 cm³/mol. The topological polar surface area (TPSA) is 62.6 Å². The summed E-state index contributed by atoms with van der Waals surface area (Å²) in [5.74, 6) is 0.0528. The highest BCUT2D eigenvalue weighted by Gasteiger charge is 2.30. The molecule has 2 aromatic rings. The number of halogens is 1. The van der Waals surface area contributed by atoms with Crippen molar-refractivity contribution in [3.05, 3.63) is 34.5 Å². The minimum absolute atomic E-state index is 0.0241. The molecule has 6 heteroatoms. The molecule has 0 aliphatic carbocycles. The summed E-state index contributed by atoms with van der Waals surface area (Å²) in [5, 5.41) is 3.82. The average Bonchev–Trinajstić information content (AvgIpc) is 2.96. The Kier molecular flexibility index (Phi) is 4.94. The lowest BCUT2D eigenvalue weighted by Crippen LogP contribution is -2.46. The molecule has 24 heavy (non-hydrogen) atoms. The van der Waals surface area contributed by atoms with Crippen molar-refractivity contribution in [3.8, 4) is 0 Å². The van der Waals surface area contributed by atoms with E-state index in [9.17, 15) is 9.59 Å². The number of benzene rings is 1. The Morgan fingerprint density at radius 2 is 2.12 bits per heavy atom. The number of furan rings is 1. The fourth-order valence-electron chi connectivity index (χ4n) is 3.05. The first kappa shape index (κ1) is 17.0. The molecule has 5 nitrogen and oxygen atoms in total. The molecule has 1 atom stereocenters. The second kappa shape index (κ2) is 6.97. The van der Waals surface area contributed by atoms with Crippen LogP contribution in [0.1, 0.15) is 37.2 Å². The van der Waals surface area contributed by atoms with Crippen molar-refractivity contribution >= 4 is 38.7 Å². The summed E-state index contributed by atoms with van der Waals surface area (Å²) < 4.78 is 6.63. The predicted octanol–water partition coefficient (Wildman–Crippen LogP) is 3.57. The van der Waals surface area contributed by atoms with Crippen LogP contribution in [-0.4, -0.2) is 35.8 Å². The van der Waals surface area contributed by atoms with Crippen LogP contribution >= 0.6 is 15.9 Å². The molecule has 128 valence electrons. The van der Waals surface area contributed by atoms with Gasteiger partial charge >= 0.3 is 0 Å². The van der Waals surface area contributed by atoms with Gasteiger partial charge < -0.3 is 14.6 Å². The number of hydrogen-bond acceptors (Lipinski definition) is 3. The van der Waals surface area contributed by atoms with Crippen LogP contribution in [0.4, 0.5) is 0 Å². The van der Waals surface area contributed by atoms with Crippen molar-refractivity contribution in [2.45, 2.75) is 32.7 Å². The largest absolute Gasteiger partial charge is 0.451 e. The van der Waals surface area contributed by atoms with Crippen LogP contribution in [0.3, 0.4) is 0 Å². The zero-order chi connectivity index (χ0) is 17.3. The molecule has 1 aliphatic heterocycles. The first-order valence-electron chi connectivity index (χ1n) is 8.23. The molecule has 2 amide bonds. The van der Waals surface area contributed by atoms with E-state index in [1.807, 2.05) is 32.0 Å². The molecule has 0 radical (unpaired) electrons. The molecule has 1 aromatic carbocycles. The van der Waals surface area contributed by atoms with E-state index < -0.39 is 0 Å². The van der Waals surface area contributed by atoms with Crippen LogP contribution in [0, 0.1) is 5.92 Å². The molecule has 0 bridgehead atoms. The minimum Gasteiger partial charge on any atom is -0.451 e. The van der Waals surface area contributed by atoms with E-state index in [2.05, 4.69) is 21.2 Å². The zero-order valence-corrected chi connectivity index (χ0v) is 15.4. The summed E-state index contributed by atoms with van der Waals surface area (Å²) in [5.41, 5.74) is 0.688. The Morgan fingerprint density at radius 1 is 1.33 bits per heavy atom. The lowest BCUT2D eigenvalue weighted by molar-refractivity contribution is -0.126. The van der Waals surface area contributed by atoms with Gasteiger partial charge in [0.05, 0.1) is 5.92 Å². The molecule has 2 heterocycles. The molecule has 1 unspecified atom stereocenters. The second-order valence-corrected chi connectivity index (χ2v) is 7.46. The zero-order valence-electron chi connectivity index (χ0n) is 13.8. The van der Waals surface area contributed by atoms with Gasteiger partial charge in [-0.3, -0.25) is 9.59 Å². The van der Waals surface area contributed by atoms with Crippen LogP contribution in [0.25, 0.3) is 11.0 Å². The van der Waals surface area contributed by atoms with Gasteiger partial charge in [-0.2, -0.15) is 0 Å². The molecule has 3 rings (SSSR count). The van der Waals surface area contributed by atoms with Gasteiger partial charge in [0.25, 0.3) is 5.91 Å². The third kappa shape index (κ3) is 3.64. The molecular formula is C18H21BrN2O3. The normalized spacial score (nSPS) is 18.2. The van der Waals surface area contributed by atoms with E-state index >= 15 is 0 Å². The number of hydrogen-bond donors (Lipinski definition) is 1. The number of amides is 2. The molecular weight excluding hydrogens is 372 g/mol. The quantitative estimate of drug-likeness (QED) is 0.867. The maximum absolute atomic E-state index is 12.7. The molecule has 1 aromatic heterocycles. The van der Waals surface area contributed by atoms with Crippen molar-refractivity contribution in [1.82, 2.24) is 10.2 Å². The van der Waals surface area contributed by atoms with E-state index in [1.165, 1.54) is 0 Å². The molecule has 1 fully saturated rings. The van der Waals surface area contributed by atoms with Crippen LogP contribution in [0.15, 0.2) is 33.2 Å². The third-order valence-electron chi connectivity index (χ3n) is 4.20. The smallest absolute Gasteiger partial charge is 0.289 e. The molecule has 0 saturated carbocycles. The molecule has 1 N–H and O–H groups in total. The summed E-state index contributed by atoms with van der Waals surface area (Å²) in [6.45, 7) is 4.98. The van der Waals surface area contributed by atoms with Gasteiger partial charge in [0.1, 0.15) is 5.58 Å². The monoisotopic (exact) mass is 392 g/mol. The number of piperidine rings is 1. The second-order valence-electron chi connectivity index (χ2n) is 6.55. The number of likely N-dealkylation sites (tertiary alicyclic amines) is 1. The summed E-state index contributed by atoms with van der Waals surface area (Å²) in [6, 6.07) is 7.51. The molecule has 0 spiro atoms. The number of carbonyl (C=O) groups is 2. The van der Waals surface area contributed by atoms with E-state index in [-0.39, 0.29) is 23.8 Å². The van der Waals surface area contributed by atoms with Crippen molar-refractivity contribution in [2.24, 2.45) is 5.92 Å². The van der Waals surface area contributed by atoms with E-state index in [1.54, 1.807) is 11.0 Å². The maximum atomic E-state index is 12.7. The lowest BCUT2D eigenvalue weighted by atomic mass is 9.96. The lowest BCUT2D eigenvalue weighted by Gasteiger charge is -2.31. The van der Waals surface area contributed by atoms with E-state index in [0.717, 1.165) is 22.7 Å². The highest BCUT2D eigenvalue weighted by atomic mass is 79.9. The number of nitrogens with one attached hydrogen (secondary N) is 1. The molecule has 1 saturated heterocycles. The Morgan fingerprint density at radius 3 is 2.88 bits per heavy atom. The SMILES string of the molecule is CC(C)NC(=O)C1CCCN(C(=O)c2cc3cc(Br)ccc3o2)C1. The standard InChI is InChI=1S/C18H21BrN2O3/c1-11(2)20-17(22)12-4-3-7-21(10-12)18(23)16-9-13-8-14(19)5-6-15(13)24-16/h5-6,8-9,11-12H,3-4,7,10H2,1-2H3,(H,20,22). The van der Waals surface area contributed by atoms with Crippen LogP contribution < -0.4 is 5.32 Å². The maximum Gasteiger partial charge on any atom is 0.289 e. The summed E-state index contributed by atoms with van der Waals surface area (Å²) in [4.78, 5) is 26.7. The van der Waals surface area contributed by atoms with Crippen molar-refractivity contribution in [2.75, 3.05) is 13.1 Å². The Hall–Kier alpha value is -1.82. The van der Waals surface area contributed by atoms with Gasteiger partial charge in [-0.15, -0.1) is 0 Å². The Balaban J connectivity index is 1.74. The van der Waals surface area contributed by atoms with Gasteiger partial charge in [-0.1, -0.05) is 15.9 Å². The average molecular weight is 393 g/mol. The van der Waals surface area contributed by atoms with Crippen molar-refractivity contribution in [3.63, 3.8) is 0 Å². The highest BCUT2D eigenvalue weighted by Crippen LogP contribution is 2.25. The van der Waals surface area contributed by atoms with Gasteiger partial charge in [-0.05, 0) is 51.0 Å². The van der Waals surface area contributed by atoms with Crippen LogP contribution in [0.5, 0.6) is 0 Å². The number of fused-ring (bicyclic) bond motifs is 1. The first-order chi connectivity index (χ1) is 11.4. The Labute approximate surface area is 149 Å². The van der Waals surface area contributed by atoms with Crippen molar-refractivity contribution < 1.29 is 14.0 Å². The third-order valence-corrected chi connectivity index (χ3v) is 4.69. The number of nitrogens with zero attached hydrogens (tertiary/aromatic N) is 1.